The van der Waals surface area contributed by atoms with Gasteiger partial charge in [-0.05, 0) is 68.4 Å². The number of amides is 1. The largest absolute Gasteiger partial charge is 0.497 e. The monoisotopic (exact) mass is 498 g/mol. The summed E-state index contributed by atoms with van der Waals surface area (Å²) in [5.41, 5.74) is 3.47. The zero-order chi connectivity index (χ0) is 25.6. The van der Waals surface area contributed by atoms with Crippen LogP contribution in [-0.2, 0) is 0 Å². The van der Waals surface area contributed by atoms with E-state index in [2.05, 4.69) is 27.2 Å². The van der Waals surface area contributed by atoms with E-state index in [-0.39, 0.29) is 5.91 Å². The van der Waals surface area contributed by atoms with Gasteiger partial charge < -0.3 is 19.5 Å². The van der Waals surface area contributed by atoms with Crippen LogP contribution in [0.5, 0.6) is 5.75 Å². The SMILES string of the molecule is COc1ccc(N2CCN(CCCNC(=O)c3c(C)nn(-c4ccccc4)c3-n3cccc3)CC2)cc1. The minimum absolute atomic E-state index is 0.0901. The number of piperazine rings is 1. The van der Waals surface area contributed by atoms with Crippen molar-refractivity contribution in [3.05, 3.63) is 90.4 Å². The van der Waals surface area contributed by atoms with Gasteiger partial charge in [0.2, 0.25) is 0 Å². The minimum Gasteiger partial charge on any atom is -0.497 e. The molecule has 0 aliphatic carbocycles. The first-order valence-corrected chi connectivity index (χ1v) is 12.8. The number of aromatic nitrogens is 3. The molecule has 0 spiro atoms. The summed E-state index contributed by atoms with van der Waals surface area (Å²) in [4.78, 5) is 18.2. The summed E-state index contributed by atoms with van der Waals surface area (Å²) in [5.74, 6) is 1.54. The fraction of sp³-hybridized carbons (Fsp3) is 0.310. The fourth-order valence-corrected chi connectivity index (χ4v) is 4.86. The average Bonchev–Trinajstić information content (AvgIpc) is 3.60. The van der Waals surface area contributed by atoms with Crippen molar-refractivity contribution in [3.63, 3.8) is 0 Å². The molecule has 37 heavy (non-hydrogen) atoms. The van der Waals surface area contributed by atoms with Gasteiger partial charge >= 0.3 is 0 Å². The summed E-state index contributed by atoms with van der Waals surface area (Å²) >= 11 is 0. The first kappa shape index (κ1) is 24.6. The maximum atomic E-state index is 13.3. The van der Waals surface area contributed by atoms with Crippen LogP contribution < -0.4 is 15.0 Å². The van der Waals surface area contributed by atoms with Gasteiger partial charge in [0.25, 0.3) is 5.91 Å². The topological polar surface area (TPSA) is 67.6 Å². The Kier molecular flexibility index (Phi) is 7.56. The highest BCUT2D eigenvalue weighted by Gasteiger charge is 2.23. The Balaban J connectivity index is 1.16. The van der Waals surface area contributed by atoms with E-state index in [1.54, 1.807) is 7.11 Å². The van der Waals surface area contributed by atoms with Crippen molar-refractivity contribution in [1.29, 1.82) is 0 Å². The van der Waals surface area contributed by atoms with Crippen molar-refractivity contribution in [3.8, 4) is 17.3 Å². The predicted molar refractivity (Wildman–Crippen MR) is 146 cm³/mol. The lowest BCUT2D eigenvalue weighted by Gasteiger charge is -2.36. The van der Waals surface area contributed by atoms with Crippen LogP contribution in [0.25, 0.3) is 11.5 Å². The Morgan fingerprint density at radius 2 is 1.62 bits per heavy atom. The number of para-hydroxylation sites is 1. The van der Waals surface area contributed by atoms with E-state index in [1.165, 1.54) is 5.69 Å². The molecule has 1 N–H and O–H groups in total. The molecule has 0 atom stereocenters. The van der Waals surface area contributed by atoms with Gasteiger partial charge in [0, 0.05) is 50.8 Å². The molecule has 8 nitrogen and oxygen atoms in total. The van der Waals surface area contributed by atoms with Crippen molar-refractivity contribution in [2.75, 3.05) is 51.3 Å². The summed E-state index contributed by atoms with van der Waals surface area (Å²) in [6.07, 6.45) is 4.79. The lowest BCUT2D eigenvalue weighted by Crippen LogP contribution is -2.47. The Morgan fingerprint density at radius 1 is 0.919 bits per heavy atom. The Bertz CT molecular complexity index is 1290. The Morgan fingerprint density at radius 3 is 2.30 bits per heavy atom. The van der Waals surface area contributed by atoms with E-state index in [4.69, 9.17) is 9.84 Å². The van der Waals surface area contributed by atoms with E-state index in [9.17, 15) is 4.79 Å². The quantitative estimate of drug-likeness (QED) is 0.354. The molecule has 2 aromatic carbocycles. The predicted octanol–water partition coefficient (Wildman–Crippen LogP) is 3.92. The Labute approximate surface area is 218 Å². The number of aryl methyl sites for hydroxylation is 1. The summed E-state index contributed by atoms with van der Waals surface area (Å²) in [6.45, 7) is 7.50. The molecule has 192 valence electrons. The molecule has 0 radical (unpaired) electrons. The van der Waals surface area contributed by atoms with Crippen molar-refractivity contribution in [2.24, 2.45) is 0 Å². The highest BCUT2D eigenvalue weighted by molar-refractivity contribution is 5.98. The van der Waals surface area contributed by atoms with Crippen molar-refractivity contribution < 1.29 is 9.53 Å². The smallest absolute Gasteiger partial charge is 0.256 e. The zero-order valence-corrected chi connectivity index (χ0v) is 21.5. The standard InChI is InChI=1S/C29H34N6O2/c1-23-27(29(34-17-6-7-18-34)35(31-23)25-9-4-3-5-10-25)28(36)30-15-8-16-32-19-21-33(22-20-32)24-11-13-26(37-2)14-12-24/h3-7,9-14,17-18H,8,15-16,19-22H2,1-2H3,(H,30,36). The zero-order valence-electron chi connectivity index (χ0n) is 21.5. The number of rotatable bonds is 9. The molecule has 0 saturated carbocycles. The Hall–Kier alpha value is -4.04. The highest BCUT2D eigenvalue weighted by Crippen LogP contribution is 2.23. The van der Waals surface area contributed by atoms with Crippen LogP contribution in [0.15, 0.2) is 79.1 Å². The van der Waals surface area contributed by atoms with Crippen molar-refractivity contribution in [1.82, 2.24) is 24.6 Å². The van der Waals surface area contributed by atoms with Gasteiger partial charge in [-0.25, -0.2) is 4.68 Å². The van der Waals surface area contributed by atoms with E-state index in [0.29, 0.717) is 17.8 Å². The number of hydrogen-bond donors (Lipinski definition) is 1. The second-order valence-electron chi connectivity index (χ2n) is 9.26. The first-order chi connectivity index (χ1) is 18.1. The van der Waals surface area contributed by atoms with E-state index in [1.807, 2.05) is 83.2 Å². The lowest BCUT2D eigenvalue weighted by atomic mass is 10.2. The van der Waals surface area contributed by atoms with Gasteiger partial charge in [0.05, 0.1) is 18.5 Å². The van der Waals surface area contributed by atoms with Crippen LogP contribution in [-0.4, -0.2) is 71.5 Å². The molecule has 1 fully saturated rings. The van der Waals surface area contributed by atoms with E-state index >= 15 is 0 Å². The summed E-state index contributed by atoms with van der Waals surface area (Å²) < 4.78 is 9.05. The summed E-state index contributed by atoms with van der Waals surface area (Å²) in [7, 11) is 1.69. The van der Waals surface area contributed by atoms with Crippen molar-refractivity contribution in [2.45, 2.75) is 13.3 Å². The van der Waals surface area contributed by atoms with Crippen LogP contribution >= 0.6 is 0 Å². The third-order valence-electron chi connectivity index (χ3n) is 6.86. The number of carbonyl (C=O) groups excluding carboxylic acids is 1. The van der Waals surface area contributed by atoms with Gasteiger partial charge in [0.15, 0.2) is 5.82 Å². The number of nitrogens with one attached hydrogen (secondary N) is 1. The normalized spacial score (nSPS) is 14.1. The van der Waals surface area contributed by atoms with Crippen LogP contribution in [0.1, 0.15) is 22.5 Å². The second-order valence-corrected chi connectivity index (χ2v) is 9.26. The molecular weight excluding hydrogens is 464 g/mol. The van der Waals surface area contributed by atoms with E-state index < -0.39 is 0 Å². The first-order valence-electron chi connectivity index (χ1n) is 12.8. The number of anilines is 1. The highest BCUT2D eigenvalue weighted by atomic mass is 16.5. The van der Waals surface area contributed by atoms with Crippen LogP contribution in [0, 0.1) is 6.92 Å². The molecule has 0 bridgehead atoms. The number of hydrogen-bond acceptors (Lipinski definition) is 5. The van der Waals surface area contributed by atoms with Crippen LogP contribution in [0.3, 0.4) is 0 Å². The average molecular weight is 499 g/mol. The van der Waals surface area contributed by atoms with Crippen molar-refractivity contribution >= 4 is 11.6 Å². The maximum absolute atomic E-state index is 13.3. The fourth-order valence-electron chi connectivity index (χ4n) is 4.86. The minimum atomic E-state index is -0.0901. The molecular formula is C29H34N6O2. The molecule has 1 saturated heterocycles. The summed E-state index contributed by atoms with van der Waals surface area (Å²) in [5, 5.41) is 7.85. The molecule has 4 aromatic rings. The number of ether oxygens (including phenoxy) is 1. The third-order valence-corrected chi connectivity index (χ3v) is 6.86. The molecule has 1 amide bonds. The molecule has 3 heterocycles. The summed E-state index contributed by atoms with van der Waals surface area (Å²) in [6, 6.07) is 22.1. The molecule has 1 aliphatic heterocycles. The van der Waals surface area contributed by atoms with Crippen LogP contribution in [0.4, 0.5) is 5.69 Å². The maximum Gasteiger partial charge on any atom is 0.256 e. The number of benzene rings is 2. The number of carbonyl (C=O) groups is 1. The van der Waals surface area contributed by atoms with Crippen LogP contribution in [0.2, 0.25) is 0 Å². The van der Waals surface area contributed by atoms with Gasteiger partial charge in [-0.15, -0.1) is 0 Å². The second kappa shape index (κ2) is 11.3. The molecule has 1 aliphatic rings. The molecule has 8 heteroatoms. The third kappa shape index (κ3) is 5.54. The van der Waals surface area contributed by atoms with E-state index in [0.717, 1.165) is 56.4 Å². The van der Waals surface area contributed by atoms with Gasteiger partial charge in [-0.3, -0.25) is 9.69 Å². The molecule has 5 rings (SSSR count). The molecule has 2 aromatic heterocycles. The number of methoxy groups -OCH3 is 1. The van der Waals surface area contributed by atoms with Gasteiger partial charge in [0.1, 0.15) is 11.3 Å². The molecule has 0 unspecified atom stereocenters. The van der Waals surface area contributed by atoms with Gasteiger partial charge in [-0.2, -0.15) is 5.10 Å². The lowest BCUT2D eigenvalue weighted by molar-refractivity contribution is 0.0951. The number of nitrogens with zero attached hydrogens (tertiary/aromatic N) is 5. The van der Waals surface area contributed by atoms with Gasteiger partial charge in [-0.1, -0.05) is 18.2 Å².